The summed E-state index contributed by atoms with van der Waals surface area (Å²) < 4.78 is 5.21. The van der Waals surface area contributed by atoms with Gasteiger partial charge in [-0.3, -0.25) is 4.79 Å². The van der Waals surface area contributed by atoms with E-state index in [1.54, 1.807) is 37.3 Å². The zero-order valence-electron chi connectivity index (χ0n) is 16.8. The normalized spacial score (nSPS) is 11.6. The Kier molecular flexibility index (Phi) is 6.76. The maximum atomic E-state index is 12.6. The molecular weight excluding hydrogens is 402 g/mol. The number of nitrogens with one attached hydrogen (secondary N) is 2. The summed E-state index contributed by atoms with van der Waals surface area (Å²) in [6.45, 7) is 1.64. The summed E-state index contributed by atoms with van der Waals surface area (Å²) in [7, 11) is 0. The van der Waals surface area contributed by atoms with Gasteiger partial charge in [0.15, 0.2) is 0 Å². The molecule has 0 unspecified atom stereocenters. The molecule has 9 heteroatoms. The van der Waals surface area contributed by atoms with E-state index >= 15 is 0 Å². The van der Waals surface area contributed by atoms with Crippen molar-refractivity contribution >= 4 is 40.8 Å². The Morgan fingerprint density at radius 3 is 2.61 bits per heavy atom. The Morgan fingerprint density at radius 1 is 1.19 bits per heavy atom. The molecule has 3 N–H and O–H groups in total. The predicted octanol–water partition coefficient (Wildman–Crippen LogP) is 2.52. The minimum absolute atomic E-state index is 0.0364. The number of amides is 1. The average molecular weight is 423 g/mol. The third-order valence-electron chi connectivity index (χ3n) is 4.70. The fraction of sp³-hybridized carbons (Fsp3) is 0.227. The van der Waals surface area contributed by atoms with E-state index in [1.807, 2.05) is 6.07 Å². The number of carboxylic acid groups (broad SMARTS) is 1. The number of carbonyl (C=O) groups is 3. The molecule has 1 aromatic heterocycles. The molecule has 160 valence electrons. The lowest BCUT2D eigenvalue weighted by Crippen LogP contribution is -2.32. The second-order valence-electron chi connectivity index (χ2n) is 6.92. The molecule has 0 fully saturated rings. The van der Waals surface area contributed by atoms with Crippen LogP contribution in [0.1, 0.15) is 24.0 Å². The Hall–Kier alpha value is -4.01. The van der Waals surface area contributed by atoms with Gasteiger partial charge in [0.05, 0.1) is 10.9 Å². The zero-order chi connectivity index (χ0) is 22.4. The molecule has 1 heterocycles. The van der Waals surface area contributed by atoms with Gasteiger partial charge in [0.25, 0.3) is 6.01 Å². The van der Waals surface area contributed by atoms with Crippen LogP contribution < -0.4 is 16.3 Å². The SMILES string of the molecule is Cc1c(NC(=O)CCC=O)ccc2nc(N[C@@H](Cc3ccccc3)C(=O)O)oc(=O)c12. The van der Waals surface area contributed by atoms with Crippen LogP contribution in [0.25, 0.3) is 10.9 Å². The summed E-state index contributed by atoms with van der Waals surface area (Å²) in [6, 6.07) is 10.9. The van der Waals surface area contributed by atoms with Crippen LogP contribution in [-0.2, 0) is 20.8 Å². The third-order valence-corrected chi connectivity index (χ3v) is 4.70. The van der Waals surface area contributed by atoms with Gasteiger partial charge in [-0.1, -0.05) is 30.3 Å². The highest BCUT2D eigenvalue weighted by molar-refractivity contribution is 5.96. The molecule has 0 radical (unpaired) electrons. The first-order valence-corrected chi connectivity index (χ1v) is 9.60. The van der Waals surface area contributed by atoms with E-state index in [0.29, 0.717) is 23.1 Å². The van der Waals surface area contributed by atoms with Gasteiger partial charge in [0.2, 0.25) is 5.91 Å². The van der Waals surface area contributed by atoms with Gasteiger partial charge in [0.1, 0.15) is 12.3 Å². The molecule has 0 aliphatic heterocycles. The standard InChI is InChI=1S/C22H21N3O6/c1-13-15(23-18(27)8-5-11-26)9-10-16-19(13)21(30)31-22(24-16)25-17(20(28)29)12-14-6-3-2-4-7-14/h2-4,6-7,9-11,17H,5,8,12H2,1H3,(H,23,27)(H,24,25)(H,28,29)/t17-/m0/s1. The van der Waals surface area contributed by atoms with E-state index < -0.39 is 17.6 Å². The average Bonchev–Trinajstić information content (AvgIpc) is 2.74. The number of anilines is 2. The topological polar surface area (TPSA) is 139 Å². The number of aromatic nitrogens is 1. The van der Waals surface area contributed by atoms with Crippen LogP contribution in [0.5, 0.6) is 0 Å². The summed E-state index contributed by atoms with van der Waals surface area (Å²) in [5.41, 5.74) is 1.26. The molecule has 31 heavy (non-hydrogen) atoms. The van der Waals surface area contributed by atoms with Crippen molar-refractivity contribution in [1.29, 1.82) is 0 Å². The van der Waals surface area contributed by atoms with E-state index in [1.165, 1.54) is 6.07 Å². The minimum Gasteiger partial charge on any atom is -0.480 e. The number of aliphatic carboxylic acids is 1. The molecule has 1 atom stereocenters. The number of nitrogens with zero attached hydrogens (tertiary/aromatic N) is 1. The minimum atomic E-state index is -1.11. The van der Waals surface area contributed by atoms with Crippen LogP contribution in [0.3, 0.4) is 0 Å². The van der Waals surface area contributed by atoms with Crippen LogP contribution in [0.15, 0.2) is 51.7 Å². The predicted molar refractivity (Wildman–Crippen MR) is 114 cm³/mol. The highest BCUT2D eigenvalue weighted by Crippen LogP contribution is 2.23. The van der Waals surface area contributed by atoms with Gasteiger partial charge in [-0.15, -0.1) is 0 Å². The van der Waals surface area contributed by atoms with Crippen molar-refractivity contribution in [1.82, 2.24) is 4.98 Å². The number of fused-ring (bicyclic) bond motifs is 1. The number of rotatable bonds is 9. The molecular formula is C22H21N3O6. The molecule has 1 amide bonds. The molecule has 0 bridgehead atoms. The molecule has 0 aliphatic rings. The zero-order valence-corrected chi connectivity index (χ0v) is 16.8. The van der Waals surface area contributed by atoms with Crippen LogP contribution in [0.2, 0.25) is 0 Å². The molecule has 0 saturated heterocycles. The Labute approximate surface area is 177 Å². The monoisotopic (exact) mass is 423 g/mol. The van der Waals surface area contributed by atoms with Crippen LogP contribution in [-0.4, -0.2) is 34.3 Å². The van der Waals surface area contributed by atoms with Crippen molar-refractivity contribution < 1.29 is 23.9 Å². The van der Waals surface area contributed by atoms with Gasteiger partial charge >= 0.3 is 11.6 Å². The molecule has 9 nitrogen and oxygen atoms in total. The summed E-state index contributed by atoms with van der Waals surface area (Å²) in [6.07, 6.45) is 0.964. The molecule has 0 spiro atoms. The second kappa shape index (κ2) is 9.66. The van der Waals surface area contributed by atoms with Gasteiger partial charge < -0.3 is 25.0 Å². The first-order valence-electron chi connectivity index (χ1n) is 9.60. The quantitative estimate of drug-likeness (QED) is 0.446. The lowest BCUT2D eigenvalue weighted by atomic mass is 10.1. The van der Waals surface area contributed by atoms with Crippen LogP contribution in [0.4, 0.5) is 11.7 Å². The van der Waals surface area contributed by atoms with E-state index in [2.05, 4.69) is 15.6 Å². The van der Waals surface area contributed by atoms with Crippen molar-refractivity contribution in [2.45, 2.75) is 32.2 Å². The number of carboxylic acids is 1. The number of benzene rings is 2. The van der Waals surface area contributed by atoms with E-state index in [9.17, 15) is 24.3 Å². The molecule has 2 aromatic carbocycles. The number of aryl methyl sites for hydroxylation is 1. The molecule has 3 rings (SSSR count). The van der Waals surface area contributed by atoms with Gasteiger partial charge in [-0.05, 0) is 30.2 Å². The summed E-state index contributed by atoms with van der Waals surface area (Å²) in [5, 5.41) is 15.0. The van der Waals surface area contributed by atoms with Gasteiger partial charge in [-0.2, -0.15) is 4.98 Å². The number of carbonyl (C=O) groups excluding carboxylic acids is 2. The smallest absolute Gasteiger partial charge is 0.348 e. The maximum Gasteiger partial charge on any atom is 0.348 e. The van der Waals surface area contributed by atoms with E-state index in [0.717, 1.165) is 5.56 Å². The van der Waals surface area contributed by atoms with Gasteiger partial charge in [-0.25, -0.2) is 9.59 Å². The van der Waals surface area contributed by atoms with Crippen molar-refractivity contribution in [3.05, 3.63) is 64.0 Å². The number of hydrogen-bond donors (Lipinski definition) is 3. The summed E-state index contributed by atoms with van der Waals surface area (Å²) >= 11 is 0. The Bertz CT molecular complexity index is 1170. The molecule has 0 aliphatic carbocycles. The van der Waals surface area contributed by atoms with Crippen molar-refractivity contribution in [3.63, 3.8) is 0 Å². The van der Waals surface area contributed by atoms with E-state index in [-0.39, 0.29) is 36.6 Å². The first kappa shape index (κ1) is 21.7. The lowest BCUT2D eigenvalue weighted by molar-refractivity contribution is -0.138. The maximum absolute atomic E-state index is 12.6. The lowest BCUT2D eigenvalue weighted by Gasteiger charge is -2.15. The second-order valence-corrected chi connectivity index (χ2v) is 6.92. The highest BCUT2D eigenvalue weighted by Gasteiger charge is 2.21. The van der Waals surface area contributed by atoms with Crippen molar-refractivity contribution in [2.75, 3.05) is 10.6 Å². The van der Waals surface area contributed by atoms with Gasteiger partial charge in [0, 0.05) is 24.9 Å². The summed E-state index contributed by atoms with van der Waals surface area (Å²) in [5.74, 6) is -1.46. The van der Waals surface area contributed by atoms with Crippen molar-refractivity contribution in [3.8, 4) is 0 Å². The Balaban J connectivity index is 1.87. The largest absolute Gasteiger partial charge is 0.480 e. The van der Waals surface area contributed by atoms with Crippen LogP contribution >= 0.6 is 0 Å². The Morgan fingerprint density at radius 2 is 1.94 bits per heavy atom. The molecule has 0 saturated carbocycles. The molecule has 3 aromatic rings. The fourth-order valence-electron chi connectivity index (χ4n) is 3.12. The van der Waals surface area contributed by atoms with E-state index in [4.69, 9.17) is 4.42 Å². The fourth-order valence-corrected chi connectivity index (χ4v) is 3.12. The third kappa shape index (κ3) is 5.33. The number of aldehydes is 1. The summed E-state index contributed by atoms with van der Waals surface area (Å²) in [4.78, 5) is 50.8. The first-order chi connectivity index (χ1) is 14.9. The number of hydrogen-bond acceptors (Lipinski definition) is 7. The van der Waals surface area contributed by atoms with Crippen LogP contribution in [0, 0.1) is 6.92 Å². The highest BCUT2D eigenvalue weighted by atomic mass is 16.4. The van der Waals surface area contributed by atoms with Crippen molar-refractivity contribution in [2.24, 2.45) is 0 Å².